The van der Waals surface area contributed by atoms with Gasteiger partial charge in [-0.1, -0.05) is 42.5 Å². The van der Waals surface area contributed by atoms with E-state index >= 15 is 0 Å². The standard InChI is InChI=1S/C12H10N6S/c13-10-9(11(14)19)16-17-12-8(6-15-18(10)12)7-4-2-1-3-5-7/h1-6H,13H2,(H2,14,19). The molecule has 2 aromatic heterocycles. The number of benzene rings is 1. The first-order valence-electron chi connectivity index (χ1n) is 5.53. The van der Waals surface area contributed by atoms with Gasteiger partial charge in [0.2, 0.25) is 0 Å². The van der Waals surface area contributed by atoms with Gasteiger partial charge in [0.25, 0.3) is 0 Å². The lowest BCUT2D eigenvalue weighted by atomic mass is 10.1. The minimum absolute atomic E-state index is 0.101. The van der Waals surface area contributed by atoms with Gasteiger partial charge in [-0.15, -0.1) is 10.2 Å². The van der Waals surface area contributed by atoms with Crippen LogP contribution in [0.5, 0.6) is 0 Å². The molecule has 0 saturated carbocycles. The average Bonchev–Trinajstić information content (AvgIpc) is 2.84. The molecule has 0 fully saturated rings. The Hall–Kier alpha value is -2.54. The molecule has 0 aliphatic carbocycles. The minimum Gasteiger partial charge on any atom is -0.388 e. The van der Waals surface area contributed by atoms with Crippen LogP contribution in [0.25, 0.3) is 16.8 Å². The predicted octanol–water partition coefficient (Wildman–Crippen LogP) is 1.01. The molecule has 94 valence electrons. The molecule has 0 atom stereocenters. The molecule has 3 rings (SSSR count). The van der Waals surface area contributed by atoms with Gasteiger partial charge >= 0.3 is 0 Å². The fourth-order valence-electron chi connectivity index (χ4n) is 1.86. The SMILES string of the molecule is NC(=S)c1nnc2c(-c3ccccc3)cnn2c1N. The Bertz CT molecular complexity index is 764. The molecule has 7 heteroatoms. The van der Waals surface area contributed by atoms with Gasteiger partial charge in [0, 0.05) is 5.56 Å². The third kappa shape index (κ3) is 1.80. The van der Waals surface area contributed by atoms with E-state index in [2.05, 4.69) is 15.3 Å². The second kappa shape index (κ2) is 4.29. The highest BCUT2D eigenvalue weighted by molar-refractivity contribution is 7.80. The Morgan fingerprint density at radius 1 is 1.16 bits per heavy atom. The maximum Gasteiger partial charge on any atom is 0.187 e. The van der Waals surface area contributed by atoms with Crippen LogP contribution in [-0.4, -0.2) is 24.8 Å². The minimum atomic E-state index is 0.101. The van der Waals surface area contributed by atoms with Crippen molar-refractivity contribution in [2.24, 2.45) is 5.73 Å². The topological polar surface area (TPSA) is 95.1 Å². The van der Waals surface area contributed by atoms with E-state index in [1.807, 2.05) is 30.3 Å². The molecule has 0 unspecified atom stereocenters. The second-order valence-corrected chi connectivity index (χ2v) is 4.40. The van der Waals surface area contributed by atoms with Gasteiger partial charge in [-0.3, -0.25) is 0 Å². The van der Waals surface area contributed by atoms with Crippen molar-refractivity contribution in [3.63, 3.8) is 0 Å². The Balaban J connectivity index is 2.26. The average molecular weight is 270 g/mol. The molecule has 0 radical (unpaired) electrons. The number of hydrogen-bond acceptors (Lipinski definition) is 5. The number of hydrogen-bond donors (Lipinski definition) is 2. The summed E-state index contributed by atoms with van der Waals surface area (Å²) in [4.78, 5) is 0.101. The molecular weight excluding hydrogens is 260 g/mol. The Morgan fingerprint density at radius 3 is 2.58 bits per heavy atom. The van der Waals surface area contributed by atoms with Crippen molar-refractivity contribution in [3.05, 3.63) is 42.2 Å². The Kier molecular flexibility index (Phi) is 2.60. The number of nitrogens with two attached hydrogens (primary N) is 2. The number of nitrogen functional groups attached to an aromatic ring is 1. The van der Waals surface area contributed by atoms with Crippen LogP contribution in [0, 0.1) is 0 Å². The van der Waals surface area contributed by atoms with Crippen molar-refractivity contribution in [2.45, 2.75) is 0 Å². The molecule has 2 heterocycles. The fourth-order valence-corrected chi connectivity index (χ4v) is 2.01. The monoisotopic (exact) mass is 270 g/mol. The zero-order chi connectivity index (χ0) is 13.4. The normalized spacial score (nSPS) is 10.7. The zero-order valence-corrected chi connectivity index (χ0v) is 10.6. The van der Waals surface area contributed by atoms with E-state index in [9.17, 15) is 0 Å². The lowest BCUT2D eigenvalue weighted by molar-refractivity contribution is 0.895. The first-order chi connectivity index (χ1) is 9.18. The molecule has 0 saturated heterocycles. The van der Waals surface area contributed by atoms with Crippen molar-refractivity contribution >= 4 is 28.7 Å². The highest BCUT2D eigenvalue weighted by atomic mass is 32.1. The molecule has 0 spiro atoms. The summed E-state index contributed by atoms with van der Waals surface area (Å²) in [5, 5.41) is 12.3. The lowest BCUT2D eigenvalue weighted by Crippen LogP contribution is -2.18. The molecule has 1 aromatic carbocycles. The van der Waals surface area contributed by atoms with E-state index in [0.29, 0.717) is 11.5 Å². The first kappa shape index (κ1) is 11.5. The summed E-state index contributed by atoms with van der Waals surface area (Å²) in [6.07, 6.45) is 1.69. The van der Waals surface area contributed by atoms with Gasteiger partial charge in [0.15, 0.2) is 17.2 Å². The van der Waals surface area contributed by atoms with Crippen LogP contribution in [0.2, 0.25) is 0 Å². The summed E-state index contributed by atoms with van der Waals surface area (Å²) >= 11 is 4.87. The number of nitrogens with zero attached hydrogens (tertiary/aromatic N) is 4. The van der Waals surface area contributed by atoms with Gasteiger partial charge in [0.05, 0.1) is 6.20 Å². The van der Waals surface area contributed by atoms with Crippen molar-refractivity contribution in [1.82, 2.24) is 19.8 Å². The summed E-state index contributed by atoms with van der Waals surface area (Å²) in [6.45, 7) is 0. The molecular formula is C12H10N6S. The molecule has 0 amide bonds. The summed E-state index contributed by atoms with van der Waals surface area (Å²) in [7, 11) is 0. The molecule has 6 nitrogen and oxygen atoms in total. The number of thiocarbonyl (C=S) groups is 1. The maximum absolute atomic E-state index is 5.94. The zero-order valence-electron chi connectivity index (χ0n) is 9.82. The fraction of sp³-hybridized carbons (Fsp3) is 0. The molecule has 0 aliphatic rings. The molecule has 19 heavy (non-hydrogen) atoms. The lowest BCUT2D eigenvalue weighted by Gasteiger charge is -2.04. The second-order valence-electron chi connectivity index (χ2n) is 3.96. The summed E-state index contributed by atoms with van der Waals surface area (Å²) < 4.78 is 1.49. The van der Waals surface area contributed by atoms with Crippen molar-refractivity contribution in [1.29, 1.82) is 0 Å². The summed E-state index contributed by atoms with van der Waals surface area (Å²) in [5.74, 6) is 0.291. The van der Waals surface area contributed by atoms with Gasteiger partial charge < -0.3 is 11.5 Å². The largest absolute Gasteiger partial charge is 0.388 e. The van der Waals surface area contributed by atoms with Crippen molar-refractivity contribution < 1.29 is 0 Å². The smallest absolute Gasteiger partial charge is 0.187 e. The van der Waals surface area contributed by atoms with Crippen LogP contribution >= 0.6 is 12.2 Å². The number of aromatic nitrogens is 4. The van der Waals surface area contributed by atoms with Crippen molar-refractivity contribution in [3.8, 4) is 11.1 Å². The third-order valence-electron chi connectivity index (χ3n) is 2.78. The highest BCUT2D eigenvalue weighted by Gasteiger charge is 2.14. The number of fused-ring (bicyclic) bond motifs is 1. The summed E-state index contributed by atoms with van der Waals surface area (Å²) in [5.41, 5.74) is 14.2. The quantitative estimate of drug-likeness (QED) is 0.675. The van der Waals surface area contributed by atoms with Gasteiger partial charge in [-0.05, 0) is 5.56 Å². The van der Waals surface area contributed by atoms with Crippen LogP contribution in [0.3, 0.4) is 0 Å². The van der Waals surface area contributed by atoms with Crippen LogP contribution in [0.4, 0.5) is 5.82 Å². The van der Waals surface area contributed by atoms with E-state index in [4.69, 9.17) is 23.7 Å². The summed E-state index contributed by atoms with van der Waals surface area (Å²) in [6, 6.07) is 9.77. The van der Waals surface area contributed by atoms with E-state index < -0.39 is 0 Å². The highest BCUT2D eigenvalue weighted by Crippen LogP contribution is 2.24. The Labute approximate surface area is 114 Å². The maximum atomic E-state index is 5.94. The van der Waals surface area contributed by atoms with Gasteiger partial charge in [-0.25, -0.2) is 0 Å². The van der Waals surface area contributed by atoms with Crippen LogP contribution in [-0.2, 0) is 0 Å². The van der Waals surface area contributed by atoms with E-state index in [0.717, 1.165) is 11.1 Å². The molecule has 0 bridgehead atoms. The van der Waals surface area contributed by atoms with Crippen molar-refractivity contribution in [2.75, 3.05) is 5.73 Å². The van der Waals surface area contributed by atoms with Crippen LogP contribution in [0.1, 0.15) is 5.69 Å². The van der Waals surface area contributed by atoms with Gasteiger partial charge in [0.1, 0.15) is 4.99 Å². The first-order valence-corrected chi connectivity index (χ1v) is 5.94. The van der Waals surface area contributed by atoms with Crippen LogP contribution in [0.15, 0.2) is 36.5 Å². The van der Waals surface area contributed by atoms with E-state index in [-0.39, 0.29) is 10.7 Å². The number of rotatable bonds is 2. The van der Waals surface area contributed by atoms with E-state index in [1.165, 1.54) is 4.52 Å². The van der Waals surface area contributed by atoms with Crippen LogP contribution < -0.4 is 11.5 Å². The predicted molar refractivity (Wildman–Crippen MR) is 76.5 cm³/mol. The van der Waals surface area contributed by atoms with Gasteiger partial charge in [-0.2, -0.15) is 9.61 Å². The number of anilines is 1. The Morgan fingerprint density at radius 2 is 1.89 bits per heavy atom. The van der Waals surface area contributed by atoms with E-state index in [1.54, 1.807) is 6.20 Å². The molecule has 0 aliphatic heterocycles. The third-order valence-corrected chi connectivity index (χ3v) is 2.97. The molecule has 3 aromatic rings. The molecule has 4 N–H and O–H groups in total.